The highest BCUT2D eigenvalue weighted by Gasteiger charge is 2.50. The molecule has 3 atom stereocenters. The predicted octanol–water partition coefficient (Wildman–Crippen LogP) is 1.51. The molecule has 0 aliphatic carbocycles. The molecule has 0 radical (unpaired) electrons. The van der Waals surface area contributed by atoms with Crippen LogP contribution in [0.4, 0.5) is 0 Å². The van der Waals surface area contributed by atoms with Gasteiger partial charge in [-0.15, -0.1) is 5.10 Å². The van der Waals surface area contributed by atoms with Crippen molar-refractivity contribution in [3.8, 4) is 6.01 Å². The van der Waals surface area contributed by atoms with E-state index < -0.39 is 0 Å². The second kappa shape index (κ2) is 7.26. The Morgan fingerprint density at radius 2 is 1.93 bits per heavy atom. The molecular weight excluding hydrogens is 358 g/mol. The van der Waals surface area contributed by atoms with E-state index in [-0.39, 0.29) is 35.5 Å². The number of rotatable bonds is 4. The monoisotopic (exact) mass is 383 g/mol. The fourth-order valence-electron chi connectivity index (χ4n) is 4.53. The van der Waals surface area contributed by atoms with Crippen LogP contribution in [0.2, 0.25) is 0 Å². The molecule has 4 rings (SSSR count). The number of aryl methyl sites for hydroxylation is 1. The number of likely N-dealkylation sites (tertiary alicyclic amines) is 2. The quantitative estimate of drug-likeness (QED) is 0.799. The Morgan fingerprint density at radius 3 is 2.57 bits per heavy atom. The molecule has 0 spiro atoms. The smallest absolute Gasteiger partial charge is 0.314 e. The van der Waals surface area contributed by atoms with E-state index in [1.807, 2.05) is 34.9 Å². The summed E-state index contributed by atoms with van der Waals surface area (Å²) >= 11 is 0. The molecule has 8 nitrogen and oxygen atoms in total. The largest absolute Gasteiger partial charge is 0.467 e. The minimum Gasteiger partial charge on any atom is -0.467 e. The Bertz CT molecular complexity index is 881. The van der Waals surface area contributed by atoms with Crippen molar-refractivity contribution in [2.45, 2.75) is 19.4 Å². The maximum Gasteiger partial charge on any atom is 0.314 e. The Labute approximate surface area is 164 Å². The van der Waals surface area contributed by atoms with E-state index in [2.05, 4.69) is 22.2 Å². The van der Waals surface area contributed by atoms with E-state index >= 15 is 0 Å². The second-order valence-corrected chi connectivity index (χ2v) is 7.43. The van der Waals surface area contributed by atoms with Crippen LogP contribution < -0.4 is 4.74 Å². The molecule has 2 aliphatic rings. The predicted molar refractivity (Wildman–Crippen MR) is 102 cm³/mol. The third-order valence-electron chi connectivity index (χ3n) is 5.81. The van der Waals surface area contributed by atoms with E-state index in [9.17, 15) is 9.59 Å². The molecule has 3 heterocycles. The molecule has 1 aromatic heterocycles. The van der Waals surface area contributed by atoms with Crippen LogP contribution in [0.15, 0.2) is 30.3 Å². The van der Waals surface area contributed by atoms with Crippen LogP contribution in [-0.4, -0.2) is 63.1 Å². The summed E-state index contributed by atoms with van der Waals surface area (Å²) < 4.78 is 6.57. The van der Waals surface area contributed by atoms with Gasteiger partial charge < -0.3 is 14.5 Å². The fraction of sp³-hybridized carbons (Fsp3) is 0.500. The summed E-state index contributed by atoms with van der Waals surface area (Å²) in [5.74, 6) is 0.602. The summed E-state index contributed by atoms with van der Waals surface area (Å²) in [6.07, 6.45) is 0.489. The van der Waals surface area contributed by atoms with Crippen LogP contribution in [0.1, 0.15) is 35.6 Å². The van der Waals surface area contributed by atoms with Gasteiger partial charge in [0, 0.05) is 44.9 Å². The molecule has 28 heavy (non-hydrogen) atoms. The summed E-state index contributed by atoms with van der Waals surface area (Å²) in [5.41, 5.74) is 1.13. The fourth-order valence-corrected chi connectivity index (χ4v) is 4.53. The normalized spacial score (nSPS) is 23.8. The number of amides is 2. The summed E-state index contributed by atoms with van der Waals surface area (Å²) in [6.45, 7) is 3.78. The molecule has 0 N–H and O–H groups in total. The van der Waals surface area contributed by atoms with Crippen LogP contribution in [0.5, 0.6) is 6.01 Å². The molecular formula is C20H25N5O3. The SMILES string of the molecule is CCC(=O)N1C[C@@H]2CN(C(=O)c3nc(OC)n(C)n3)C[C@@H]2[C@H]1c1ccccc1. The number of ether oxygens (including phenoxy) is 1. The van der Waals surface area contributed by atoms with Gasteiger partial charge in [0.1, 0.15) is 0 Å². The van der Waals surface area contributed by atoms with Gasteiger partial charge in [0.05, 0.1) is 13.2 Å². The van der Waals surface area contributed by atoms with Crippen LogP contribution in [0.3, 0.4) is 0 Å². The van der Waals surface area contributed by atoms with Crippen molar-refractivity contribution in [2.75, 3.05) is 26.7 Å². The number of fused-ring (bicyclic) bond motifs is 1. The zero-order valence-electron chi connectivity index (χ0n) is 16.4. The first kappa shape index (κ1) is 18.5. The van der Waals surface area contributed by atoms with Gasteiger partial charge in [0.25, 0.3) is 5.91 Å². The number of nitrogens with zero attached hydrogens (tertiary/aromatic N) is 5. The number of carbonyl (C=O) groups is 2. The van der Waals surface area contributed by atoms with Gasteiger partial charge in [-0.2, -0.15) is 4.98 Å². The van der Waals surface area contributed by atoms with Gasteiger partial charge >= 0.3 is 6.01 Å². The molecule has 0 bridgehead atoms. The third kappa shape index (κ3) is 3.02. The lowest BCUT2D eigenvalue weighted by molar-refractivity contribution is -0.132. The van der Waals surface area contributed by atoms with E-state index in [1.54, 1.807) is 7.05 Å². The zero-order chi connectivity index (χ0) is 19.8. The van der Waals surface area contributed by atoms with Gasteiger partial charge in [-0.25, -0.2) is 4.68 Å². The minimum absolute atomic E-state index is 0.00248. The first-order chi connectivity index (χ1) is 13.5. The molecule has 2 aliphatic heterocycles. The van der Waals surface area contributed by atoms with Crippen LogP contribution >= 0.6 is 0 Å². The van der Waals surface area contributed by atoms with Crippen molar-refractivity contribution >= 4 is 11.8 Å². The van der Waals surface area contributed by atoms with Crippen LogP contribution in [0.25, 0.3) is 0 Å². The van der Waals surface area contributed by atoms with Gasteiger partial charge in [-0.3, -0.25) is 9.59 Å². The minimum atomic E-state index is -0.187. The average molecular weight is 383 g/mol. The lowest BCUT2D eigenvalue weighted by atomic mass is 9.89. The Hall–Kier alpha value is -2.90. The van der Waals surface area contributed by atoms with Gasteiger partial charge in [0.2, 0.25) is 11.7 Å². The summed E-state index contributed by atoms with van der Waals surface area (Å²) in [4.78, 5) is 33.5. The molecule has 2 saturated heterocycles. The van der Waals surface area contributed by atoms with Crippen molar-refractivity contribution in [3.05, 3.63) is 41.7 Å². The molecule has 0 unspecified atom stereocenters. The highest BCUT2D eigenvalue weighted by molar-refractivity contribution is 5.90. The van der Waals surface area contributed by atoms with E-state index in [0.717, 1.165) is 5.56 Å². The number of benzene rings is 1. The molecule has 0 saturated carbocycles. The Kier molecular flexibility index (Phi) is 4.78. The number of hydrogen-bond donors (Lipinski definition) is 0. The van der Waals surface area contributed by atoms with Crippen LogP contribution in [0, 0.1) is 11.8 Å². The van der Waals surface area contributed by atoms with E-state index in [1.165, 1.54) is 11.8 Å². The number of carbonyl (C=O) groups excluding carboxylic acids is 2. The highest BCUT2D eigenvalue weighted by Crippen LogP contribution is 2.45. The number of methoxy groups -OCH3 is 1. The van der Waals surface area contributed by atoms with Gasteiger partial charge in [-0.1, -0.05) is 37.3 Å². The first-order valence-electron chi connectivity index (χ1n) is 9.62. The molecule has 2 fully saturated rings. The summed E-state index contributed by atoms with van der Waals surface area (Å²) in [5, 5.41) is 4.18. The molecule has 1 aromatic carbocycles. The zero-order valence-corrected chi connectivity index (χ0v) is 16.4. The Balaban J connectivity index is 1.57. The second-order valence-electron chi connectivity index (χ2n) is 7.43. The number of hydrogen-bond acceptors (Lipinski definition) is 5. The summed E-state index contributed by atoms with van der Waals surface area (Å²) in [7, 11) is 3.20. The molecule has 8 heteroatoms. The molecule has 2 aromatic rings. The molecule has 148 valence electrons. The summed E-state index contributed by atoms with van der Waals surface area (Å²) in [6, 6.07) is 10.4. The lowest BCUT2D eigenvalue weighted by Gasteiger charge is -2.29. The van der Waals surface area contributed by atoms with Crippen molar-refractivity contribution in [2.24, 2.45) is 18.9 Å². The van der Waals surface area contributed by atoms with Gasteiger partial charge in [-0.05, 0) is 5.56 Å². The van der Waals surface area contributed by atoms with Crippen molar-refractivity contribution in [1.82, 2.24) is 24.6 Å². The van der Waals surface area contributed by atoms with Crippen molar-refractivity contribution < 1.29 is 14.3 Å². The maximum atomic E-state index is 12.9. The van der Waals surface area contributed by atoms with Crippen LogP contribution in [-0.2, 0) is 11.8 Å². The van der Waals surface area contributed by atoms with Crippen molar-refractivity contribution in [3.63, 3.8) is 0 Å². The average Bonchev–Trinajstić information content (AvgIpc) is 3.39. The standard InChI is InChI=1S/C20H25N5O3/c1-4-16(26)25-11-14-10-24(19(27)18-21-20(28-3)23(2)22-18)12-15(14)17(25)13-8-6-5-7-9-13/h5-9,14-15,17H,4,10-12H2,1-3H3/t14-,15-,17+/m0/s1. The lowest BCUT2D eigenvalue weighted by Crippen LogP contribution is -2.37. The molecule has 2 amide bonds. The topological polar surface area (TPSA) is 80.6 Å². The van der Waals surface area contributed by atoms with E-state index in [0.29, 0.717) is 32.1 Å². The third-order valence-corrected chi connectivity index (χ3v) is 5.81. The van der Waals surface area contributed by atoms with Gasteiger partial charge in [0.15, 0.2) is 0 Å². The van der Waals surface area contributed by atoms with E-state index in [4.69, 9.17) is 4.74 Å². The highest BCUT2D eigenvalue weighted by atomic mass is 16.5. The first-order valence-corrected chi connectivity index (χ1v) is 9.62. The maximum absolute atomic E-state index is 12.9. The Morgan fingerprint density at radius 1 is 1.18 bits per heavy atom. The van der Waals surface area contributed by atoms with Crippen molar-refractivity contribution in [1.29, 1.82) is 0 Å². The number of aromatic nitrogens is 3.